The molecule has 33 heavy (non-hydrogen) atoms. The van der Waals surface area contributed by atoms with Gasteiger partial charge in [-0.05, 0) is 36.6 Å². The van der Waals surface area contributed by atoms with Crippen molar-refractivity contribution in [3.05, 3.63) is 65.2 Å². The monoisotopic (exact) mass is 452 g/mol. The fourth-order valence-corrected chi connectivity index (χ4v) is 3.98. The summed E-state index contributed by atoms with van der Waals surface area (Å²) >= 11 is 0. The van der Waals surface area contributed by atoms with Crippen molar-refractivity contribution in [3.63, 3.8) is 0 Å². The summed E-state index contributed by atoms with van der Waals surface area (Å²) in [5, 5.41) is 0. The van der Waals surface area contributed by atoms with Crippen LogP contribution in [0.5, 0.6) is 5.75 Å². The van der Waals surface area contributed by atoms with Crippen molar-refractivity contribution in [1.29, 1.82) is 0 Å². The number of nitrogens with zero attached hydrogens (tertiary/aromatic N) is 2. The maximum absolute atomic E-state index is 13.4. The van der Waals surface area contributed by atoms with Crippen LogP contribution in [0.3, 0.4) is 0 Å². The van der Waals surface area contributed by atoms with Gasteiger partial charge in [-0.1, -0.05) is 44.2 Å². The Kier molecular flexibility index (Phi) is 8.22. The lowest BCUT2D eigenvalue weighted by Gasteiger charge is -2.26. The van der Waals surface area contributed by atoms with E-state index in [-0.39, 0.29) is 42.7 Å². The summed E-state index contributed by atoms with van der Waals surface area (Å²) in [5.74, 6) is 0.382. The second kappa shape index (κ2) is 11.1. The molecule has 2 aromatic carbocycles. The van der Waals surface area contributed by atoms with Gasteiger partial charge in [0.15, 0.2) is 5.78 Å². The number of ketones is 1. The van der Waals surface area contributed by atoms with E-state index < -0.39 is 0 Å². The van der Waals surface area contributed by atoms with E-state index >= 15 is 0 Å². The predicted octanol–water partition coefficient (Wildman–Crippen LogP) is 3.42. The van der Waals surface area contributed by atoms with Crippen molar-refractivity contribution >= 4 is 17.6 Å². The van der Waals surface area contributed by atoms with Crippen LogP contribution < -0.4 is 4.74 Å². The summed E-state index contributed by atoms with van der Waals surface area (Å²) in [6.07, 6.45) is -0.366. The van der Waals surface area contributed by atoms with Crippen LogP contribution >= 0.6 is 0 Å². The van der Waals surface area contributed by atoms with Crippen molar-refractivity contribution < 1.29 is 23.9 Å². The topological polar surface area (TPSA) is 76.2 Å². The summed E-state index contributed by atoms with van der Waals surface area (Å²) in [5.41, 5.74) is 1.61. The molecule has 2 amide bonds. The van der Waals surface area contributed by atoms with Crippen LogP contribution in [0.2, 0.25) is 0 Å². The van der Waals surface area contributed by atoms with Crippen molar-refractivity contribution in [2.45, 2.75) is 33.5 Å². The van der Waals surface area contributed by atoms with Gasteiger partial charge in [-0.25, -0.2) is 0 Å². The minimum absolute atomic E-state index is 0.0448. The fraction of sp³-hybridized carbons (Fsp3) is 0.423. The van der Waals surface area contributed by atoms with Crippen molar-refractivity contribution in [2.24, 2.45) is 5.92 Å². The molecule has 1 aliphatic rings. The second-order valence-electron chi connectivity index (χ2n) is 8.76. The second-order valence-corrected chi connectivity index (χ2v) is 8.76. The molecule has 1 heterocycles. The van der Waals surface area contributed by atoms with Crippen LogP contribution in [-0.2, 0) is 16.1 Å². The number of hydrogen-bond acceptors (Lipinski definition) is 5. The van der Waals surface area contributed by atoms with Gasteiger partial charge in [-0.15, -0.1) is 0 Å². The molecule has 0 unspecified atom stereocenters. The highest BCUT2D eigenvalue weighted by Crippen LogP contribution is 2.19. The summed E-state index contributed by atoms with van der Waals surface area (Å²) in [7, 11) is 1.61. The van der Waals surface area contributed by atoms with E-state index in [4.69, 9.17) is 9.47 Å². The quantitative estimate of drug-likeness (QED) is 0.574. The van der Waals surface area contributed by atoms with Gasteiger partial charge in [0.2, 0.25) is 5.91 Å². The van der Waals surface area contributed by atoms with E-state index in [0.717, 1.165) is 11.3 Å². The Labute approximate surface area is 195 Å². The summed E-state index contributed by atoms with van der Waals surface area (Å²) in [6.45, 7) is 7.07. The molecule has 2 aromatic rings. The number of carbonyl (C=O) groups excluding carboxylic acids is 3. The molecule has 176 valence electrons. The Morgan fingerprint density at radius 2 is 1.79 bits per heavy atom. The Morgan fingerprint density at radius 1 is 1.06 bits per heavy atom. The number of rotatable bonds is 8. The first-order valence-electron chi connectivity index (χ1n) is 11.2. The zero-order chi connectivity index (χ0) is 24.0. The van der Waals surface area contributed by atoms with Crippen molar-refractivity contribution in [3.8, 4) is 5.75 Å². The third kappa shape index (κ3) is 6.42. The molecule has 1 aliphatic heterocycles. The molecule has 0 aliphatic carbocycles. The largest absolute Gasteiger partial charge is 0.497 e. The predicted molar refractivity (Wildman–Crippen MR) is 125 cm³/mol. The molecule has 1 saturated heterocycles. The number of benzene rings is 2. The van der Waals surface area contributed by atoms with E-state index in [9.17, 15) is 14.4 Å². The minimum atomic E-state index is -0.366. The Hall–Kier alpha value is -3.19. The van der Waals surface area contributed by atoms with Gasteiger partial charge in [0.05, 0.1) is 25.4 Å². The maximum Gasteiger partial charge on any atom is 0.255 e. The summed E-state index contributed by atoms with van der Waals surface area (Å²) in [4.78, 5) is 41.7. The third-order valence-corrected chi connectivity index (χ3v) is 5.56. The van der Waals surface area contributed by atoms with Gasteiger partial charge in [0, 0.05) is 25.2 Å². The van der Waals surface area contributed by atoms with E-state index in [1.165, 1.54) is 11.8 Å². The minimum Gasteiger partial charge on any atom is -0.497 e. The van der Waals surface area contributed by atoms with Gasteiger partial charge >= 0.3 is 0 Å². The van der Waals surface area contributed by atoms with Crippen molar-refractivity contribution in [1.82, 2.24) is 9.80 Å². The fourth-order valence-electron chi connectivity index (χ4n) is 3.98. The lowest BCUT2D eigenvalue weighted by molar-refractivity contribution is -0.132. The van der Waals surface area contributed by atoms with Crippen LogP contribution in [0.4, 0.5) is 0 Å². The van der Waals surface area contributed by atoms with Gasteiger partial charge in [0.25, 0.3) is 5.91 Å². The standard InChI is InChI=1S/C26H32N2O5/c1-18(2)13-27-14-22(33-17-20-8-7-9-21(12-20)32-4)15-28(16-25(27)30)26(31)24-11-6-5-10-23(24)19(3)29/h5-12,18,22H,13-17H2,1-4H3/t22-/m1/s1. The highest BCUT2D eigenvalue weighted by atomic mass is 16.5. The first-order chi connectivity index (χ1) is 15.8. The number of hydrogen-bond donors (Lipinski definition) is 0. The summed E-state index contributed by atoms with van der Waals surface area (Å²) in [6, 6.07) is 14.3. The molecule has 0 spiro atoms. The van der Waals surface area contributed by atoms with E-state index in [2.05, 4.69) is 13.8 Å². The van der Waals surface area contributed by atoms with Crippen LogP contribution in [0.25, 0.3) is 0 Å². The highest BCUT2D eigenvalue weighted by molar-refractivity contribution is 6.07. The molecule has 3 rings (SSSR count). The number of ether oxygens (including phenoxy) is 2. The number of methoxy groups -OCH3 is 1. The van der Waals surface area contributed by atoms with E-state index in [1.807, 2.05) is 24.3 Å². The lowest BCUT2D eigenvalue weighted by atomic mass is 10.0. The number of amides is 2. The van der Waals surface area contributed by atoms with E-state index in [1.54, 1.807) is 36.3 Å². The van der Waals surface area contributed by atoms with Crippen LogP contribution in [0, 0.1) is 5.92 Å². The molecule has 7 nitrogen and oxygen atoms in total. The molecule has 0 saturated carbocycles. The summed E-state index contributed by atoms with van der Waals surface area (Å²) < 4.78 is 11.5. The molecule has 0 radical (unpaired) electrons. The van der Waals surface area contributed by atoms with Gasteiger partial charge in [0.1, 0.15) is 12.3 Å². The molecule has 0 aromatic heterocycles. The molecule has 0 bridgehead atoms. The molecule has 1 fully saturated rings. The van der Waals surface area contributed by atoms with Crippen LogP contribution in [-0.4, -0.2) is 66.8 Å². The van der Waals surface area contributed by atoms with E-state index in [0.29, 0.717) is 30.8 Å². The van der Waals surface area contributed by atoms with Crippen LogP contribution in [0.15, 0.2) is 48.5 Å². The average Bonchev–Trinajstić information content (AvgIpc) is 2.95. The highest BCUT2D eigenvalue weighted by Gasteiger charge is 2.32. The Balaban J connectivity index is 1.83. The molecule has 1 atom stereocenters. The van der Waals surface area contributed by atoms with Gasteiger partial charge < -0.3 is 19.3 Å². The first-order valence-corrected chi connectivity index (χ1v) is 11.2. The third-order valence-electron chi connectivity index (χ3n) is 5.56. The molecule has 0 N–H and O–H groups in total. The van der Waals surface area contributed by atoms with Crippen molar-refractivity contribution in [2.75, 3.05) is 33.3 Å². The van der Waals surface area contributed by atoms with Crippen LogP contribution in [0.1, 0.15) is 47.1 Å². The lowest BCUT2D eigenvalue weighted by Crippen LogP contribution is -2.40. The number of carbonyl (C=O) groups is 3. The zero-order valence-corrected chi connectivity index (χ0v) is 19.7. The first kappa shape index (κ1) is 24.5. The molecular formula is C26H32N2O5. The zero-order valence-electron chi connectivity index (χ0n) is 19.7. The van der Waals surface area contributed by atoms with Gasteiger partial charge in [-0.3, -0.25) is 14.4 Å². The average molecular weight is 453 g/mol. The maximum atomic E-state index is 13.4. The normalized spacial score (nSPS) is 16.6. The van der Waals surface area contributed by atoms with Gasteiger partial charge in [-0.2, -0.15) is 0 Å². The SMILES string of the molecule is COc1cccc(CO[C@@H]2CN(CC(C)C)C(=O)CN(C(=O)c3ccccc3C(C)=O)C2)c1. The number of Topliss-reactive ketones (excluding diaryl/α,β-unsaturated/α-hetero) is 1. The smallest absolute Gasteiger partial charge is 0.255 e. The Morgan fingerprint density at radius 3 is 2.45 bits per heavy atom. The molecule has 7 heteroatoms. The Bertz CT molecular complexity index is 1000. The molecular weight excluding hydrogens is 420 g/mol.